The molecule has 1 amide bonds. The summed E-state index contributed by atoms with van der Waals surface area (Å²) in [5.74, 6) is -0.00137. The molecule has 0 radical (unpaired) electrons. The molecule has 0 aromatic heterocycles. The molecule has 1 aliphatic rings. The van der Waals surface area contributed by atoms with Gasteiger partial charge < -0.3 is 16.4 Å². The Hall–Kier alpha value is -1.55. The van der Waals surface area contributed by atoms with E-state index in [-0.39, 0.29) is 5.91 Å². The zero-order chi connectivity index (χ0) is 12.1. The van der Waals surface area contributed by atoms with Crippen molar-refractivity contribution in [3.05, 3.63) is 29.3 Å². The second-order valence-electron chi connectivity index (χ2n) is 4.30. The Morgan fingerprint density at radius 2 is 2.29 bits per heavy atom. The minimum Gasteiger partial charge on any atom is -0.384 e. The Morgan fingerprint density at radius 3 is 3.12 bits per heavy atom. The van der Waals surface area contributed by atoms with Crippen molar-refractivity contribution in [3.8, 4) is 0 Å². The van der Waals surface area contributed by atoms with Gasteiger partial charge >= 0.3 is 0 Å². The summed E-state index contributed by atoms with van der Waals surface area (Å²) in [4.78, 5) is 11.8. The number of hydrogen-bond acceptors (Lipinski definition) is 3. The van der Waals surface area contributed by atoms with E-state index in [1.54, 1.807) is 0 Å². The van der Waals surface area contributed by atoms with Crippen LogP contribution in [0.25, 0.3) is 0 Å². The van der Waals surface area contributed by atoms with Crippen LogP contribution in [0.1, 0.15) is 28.8 Å². The molecule has 4 heteroatoms. The summed E-state index contributed by atoms with van der Waals surface area (Å²) in [7, 11) is 0. The van der Waals surface area contributed by atoms with Gasteiger partial charge in [0.2, 0.25) is 0 Å². The predicted molar refractivity (Wildman–Crippen MR) is 69.3 cm³/mol. The highest BCUT2D eigenvalue weighted by molar-refractivity contribution is 5.95. The van der Waals surface area contributed by atoms with Gasteiger partial charge in [0.1, 0.15) is 0 Å². The van der Waals surface area contributed by atoms with Crippen LogP contribution in [0, 0.1) is 0 Å². The first kappa shape index (κ1) is 11.9. The topological polar surface area (TPSA) is 67.1 Å². The number of fused-ring (bicyclic) bond motifs is 1. The summed E-state index contributed by atoms with van der Waals surface area (Å²) < 4.78 is 0. The van der Waals surface area contributed by atoms with Crippen LogP contribution in [0.4, 0.5) is 5.69 Å². The van der Waals surface area contributed by atoms with E-state index in [1.807, 2.05) is 18.2 Å². The van der Waals surface area contributed by atoms with E-state index in [4.69, 9.17) is 5.73 Å². The number of nitrogens with two attached hydrogens (primary N) is 1. The highest BCUT2D eigenvalue weighted by Gasteiger charge is 2.12. The van der Waals surface area contributed by atoms with Gasteiger partial charge in [0.05, 0.1) is 0 Å². The average Bonchev–Trinajstić information content (AvgIpc) is 2.81. The van der Waals surface area contributed by atoms with Crippen molar-refractivity contribution < 1.29 is 4.79 Å². The average molecular weight is 233 g/mol. The highest BCUT2D eigenvalue weighted by atomic mass is 16.1. The van der Waals surface area contributed by atoms with Crippen LogP contribution in [0.5, 0.6) is 0 Å². The van der Waals surface area contributed by atoms with Gasteiger partial charge in [0, 0.05) is 24.3 Å². The van der Waals surface area contributed by atoms with Gasteiger partial charge in [-0.25, -0.2) is 0 Å². The minimum absolute atomic E-state index is 0.00137. The molecule has 0 saturated carbocycles. The van der Waals surface area contributed by atoms with Crippen LogP contribution < -0.4 is 16.4 Å². The van der Waals surface area contributed by atoms with Gasteiger partial charge in [-0.15, -0.1) is 0 Å². The molecule has 4 N–H and O–H groups in total. The molecule has 0 aliphatic carbocycles. The SMILES string of the molecule is NCCCCNC(=O)c1ccc2c(c1)NCC2. The van der Waals surface area contributed by atoms with Crippen LogP contribution in [0.3, 0.4) is 0 Å². The third-order valence-electron chi connectivity index (χ3n) is 3.00. The highest BCUT2D eigenvalue weighted by Crippen LogP contribution is 2.22. The monoisotopic (exact) mass is 233 g/mol. The van der Waals surface area contributed by atoms with Gasteiger partial charge in [-0.2, -0.15) is 0 Å². The normalized spacial score (nSPS) is 13.0. The number of anilines is 1. The van der Waals surface area contributed by atoms with E-state index in [1.165, 1.54) is 5.56 Å². The first-order chi connectivity index (χ1) is 8.31. The van der Waals surface area contributed by atoms with E-state index >= 15 is 0 Å². The fourth-order valence-electron chi connectivity index (χ4n) is 2.01. The molecular weight excluding hydrogens is 214 g/mol. The van der Waals surface area contributed by atoms with Crippen LogP contribution in [-0.2, 0) is 6.42 Å². The largest absolute Gasteiger partial charge is 0.384 e. The lowest BCUT2D eigenvalue weighted by molar-refractivity contribution is 0.0953. The molecule has 2 rings (SSSR count). The summed E-state index contributed by atoms with van der Waals surface area (Å²) in [6.07, 6.45) is 2.94. The van der Waals surface area contributed by atoms with Crippen molar-refractivity contribution in [2.24, 2.45) is 5.73 Å². The van der Waals surface area contributed by atoms with Crippen molar-refractivity contribution in [2.75, 3.05) is 25.0 Å². The summed E-state index contributed by atoms with van der Waals surface area (Å²) in [5, 5.41) is 6.18. The minimum atomic E-state index is -0.00137. The summed E-state index contributed by atoms with van der Waals surface area (Å²) in [6.45, 7) is 2.34. The molecule has 0 atom stereocenters. The molecule has 1 aliphatic heterocycles. The van der Waals surface area contributed by atoms with Crippen LogP contribution in [0.15, 0.2) is 18.2 Å². The lowest BCUT2D eigenvalue weighted by atomic mass is 10.1. The molecule has 1 aromatic rings. The molecule has 1 heterocycles. The quantitative estimate of drug-likeness (QED) is 0.668. The first-order valence-electron chi connectivity index (χ1n) is 6.16. The Labute approximate surface area is 102 Å². The van der Waals surface area contributed by atoms with E-state index in [0.717, 1.165) is 37.1 Å². The summed E-state index contributed by atoms with van der Waals surface area (Å²) in [6, 6.07) is 5.86. The van der Waals surface area contributed by atoms with E-state index < -0.39 is 0 Å². The maximum Gasteiger partial charge on any atom is 0.251 e. The fourth-order valence-corrected chi connectivity index (χ4v) is 2.01. The number of amides is 1. The number of carbonyl (C=O) groups is 1. The molecule has 92 valence electrons. The fraction of sp³-hybridized carbons (Fsp3) is 0.462. The third-order valence-corrected chi connectivity index (χ3v) is 3.00. The summed E-state index contributed by atoms with van der Waals surface area (Å²) >= 11 is 0. The number of nitrogens with one attached hydrogen (secondary N) is 2. The van der Waals surface area contributed by atoms with Gasteiger partial charge in [0.25, 0.3) is 5.91 Å². The van der Waals surface area contributed by atoms with Crippen molar-refractivity contribution >= 4 is 11.6 Å². The number of benzene rings is 1. The Bertz CT molecular complexity index is 404. The molecule has 0 fully saturated rings. The molecule has 1 aromatic carbocycles. The Balaban J connectivity index is 1.91. The van der Waals surface area contributed by atoms with Crippen molar-refractivity contribution in [2.45, 2.75) is 19.3 Å². The van der Waals surface area contributed by atoms with Gasteiger partial charge in [0.15, 0.2) is 0 Å². The Kier molecular flexibility index (Phi) is 3.98. The van der Waals surface area contributed by atoms with Crippen LogP contribution in [-0.4, -0.2) is 25.5 Å². The van der Waals surface area contributed by atoms with Gasteiger partial charge in [-0.1, -0.05) is 6.07 Å². The molecule has 0 spiro atoms. The maximum atomic E-state index is 11.8. The number of hydrogen-bond donors (Lipinski definition) is 3. The lowest BCUT2D eigenvalue weighted by Gasteiger charge is -2.06. The molecule has 0 bridgehead atoms. The molecule has 0 unspecified atom stereocenters. The number of unbranched alkanes of at least 4 members (excludes halogenated alkanes) is 1. The van der Waals surface area contributed by atoms with Gasteiger partial charge in [-0.3, -0.25) is 4.79 Å². The predicted octanol–water partition coefficient (Wildman–Crippen LogP) is 1.12. The molecule has 17 heavy (non-hydrogen) atoms. The van der Waals surface area contributed by atoms with E-state index in [0.29, 0.717) is 13.1 Å². The third kappa shape index (κ3) is 2.97. The number of carbonyl (C=O) groups excluding carboxylic acids is 1. The van der Waals surface area contributed by atoms with E-state index in [2.05, 4.69) is 10.6 Å². The van der Waals surface area contributed by atoms with Gasteiger partial charge in [-0.05, 0) is 43.5 Å². The maximum absolute atomic E-state index is 11.8. The zero-order valence-electron chi connectivity index (χ0n) is 9.96. The van der Waals surface area contributed by atoms with E-state index in [9.17, 15) is 4.79 Å². The molecule has 4 nitrogen and oxygen atoms in total. The van der Waals surface area contributed by atoms with Crippen molar-refractivity contribution in [1.82, 2.24) is 5.32 Å². The Morgan fingerprint density at radius 1 is 1.41 bits per heavy atom. The van der Waals surface area contributed by atoms with Crippen molar-refractivity contribution in [1.29, 1.82) is 0 Å². The smallest absolute Gasteiger partial charge is 0.251 e. The molecule has 0 saturated heterocycles. The van der Waals surface area contributed by atoms with Crippen LogP contribution in [0.2, 0.25) is 0 Å². The second kappa shape index (κ2) is 5.68. The zero-order valence-corrected chi connectivity index (χ0v) is 9.96. The summed E-state index contributed by atoms with van der Waals surface area (Å²) in [5.41, 5.74) is 8.52. The van der Waals surface area contributed by atoms with Crippen molar-refractivity contribution in [3.63, 3.8) is 0 Å². The first-order valence-corrected chi connectivity index (χ1v) is 6.16. The second-order valence-corrected chi connectivity index (χ2v) is 4.30. The van der Waals surface area contributed by atoms with Crippen LogP contribution >= 0.6 is 0 Å². The number of rotatable bonds is 5. The standard InChI is InChI=1S/C13H19N3O/c14-6-1-2-7-16-13(17)11-4-3-10-5-8-15-12(10)9-11/h3-4,9,15H,1-2,5-8,14H2,(H,16,17). The lowest BCUT2D eigenvalue weighted by Crippen LogP contribution is -2.24. The molecular formula is C13H19N3O.